The van der Waals surface area contributed by atoms with Crippen LogP contribution in [-0.2, 0) is 11.3 Å². The van der Waals surface area contributed by atoms with E-state index in [0.717, 1.165) is 5.69 Å². The van der Waals surface area contributed by atoms with Gasteiger partial charge in [-0.2, -0.15) is 4.99 Å². The van der Waals surface area contributed by atoms with E-state index in [4.69, 9.17) is 23.2 Å². The lowest BCUT2D eigenvalue weighted by atomic mass is 10.2. The summed E-state index contributed by atoms with van der Waals surface area (Å²) in [6, 6.07) is 9.63. The smallest absolute Gasteiger partial charge is 0.279 e. The monoisotopic (exact) mass is 448 g/mol. The van der Waals surface area contributed by atoms with Gasteiger partial charge in [-0.3, -0.25) is 14.6 Å². The van der Waals surface area contributed by atoms with Gasteiger partial charge in [0.2, 0.25) is 5.91 Å². The Balaban J connectivity index is 1.80. The molecule has 2 amide bonds. The SMILES string of the molecule is CCC(C(=O)NCc1ccccn1)n1ccsc1=NC(=O)c1ccc(Cl)c(Cl)c1. The van der Waals surface area contributed by atoms with Crippen LogP contribution >= 0.6 is 34.5 Å². The van der Waals surface area contributed by atoms with Crippen molar-refractivity contribution in [3.05, 3.63) is 80.3 Å². The summed E-state index contributed by atoms with van der Waals surface area (Å²) in [6.07, 6.45) is 3.97. The van der Waals surface area contributed by atoms with Crippen molar-refractivity contribution in [1.29, 1.82) is 0 Å². The van der Waals surface area contributed by atoms with E-state index in [9.17, 15) is 9.59 Å². The van der Waals surface area contributed by atoms with Crippen molar-refractivity contribution in [2.75, 3.05) is 0 Å². The standard InChI is InChI=1S/C20H18Cl2N4O2S/c1-2-17(19(28)24-12-14-5-3-4-8-23-14)26-9-10-29-20(26)25-18(27)13-6-7-15(21)16(22)11-13/h3-11,17H,2,12H2,1H3,(H,24,28). The molecule has 1 unspecified atom stereocenters. The van der Waals surface area contributed by atoms with Gasteiger partial charge in [-0.25, -0.2) is 0 Å². The maximum Gasteiger partial charge on any atom is 0.279 e. The molecule has 1 aromatic carbocycles. The number of amides is 2. The maximum absolute atomic E-state index is 12.7. The van der Waals surface area contributed by atoms with Crippen LogP contribution in [0.15, 0.2) is 59.2 Å². The third-order valence-electron chi connectivity index (χ3n) is 4.17. The number of halogens is 2. The number of pyridine rings is 1. The molecule has 0 saturated carbocycles. The van der Waals surface area contributed by atoms with Crippen molar-refractivity contribution in [1.82, 2.24) is 14.9 Å². The van der Waals surface area contributed by atoms with E-state index < -0.39 is 11.9 Å². The first kappa shape index (κ1) is 21.2. The molecule has 0 aliphatic rings. The van der Waals surface area contributed by atoms with Gasteiger partial charge >= 0.3 is 0 Å². The van der Waals surface area contributed by atoms with E-state index >= 15 is 0 Å². The van der Waals surface area contributed by atoms with Crippen molar-refractivity contribution in [3.8, 4) is 0 Å². The summed E-state index contributed by atoms with van der Waals surface area (Å²) in [5.41, 5.74) is 1.10. The van der Waals surface area contributed by atoms with Crippen molar-refractivity contribution in [2.45, 2.75) is 25.9 Å². The molecule has 3 aromatic rings. The lowest BCUT2D eigenvalue weighted by Crippen LogP contribution is -2.35. The number of hydrogen-bond donors (Lipinski definition) is 1. The fourth-order valence-corrected chi connectivity index (χ4v) is 3.75. The molecule has 1 atom stereocenters. The van der Waals surface area contributed by atoms with E-state index in [1.165, 1.54) is 17.4 Å². The van der Waals surface area contributed by atoms with Gasteiger partial charge in [0.25, 0.3) is 5.91 Å². The third kappa shape index (κ3) is 5.32. The second-order valence-corrected chi connectivity index (χ2v) is 7.79. The summed E-state index contributed by atoms with van der Waals surface area (Å²) in [4.78, 5) is 34.1. The van der Waals surface area contributed by atoms with E-state index in [1.54, 1.807) is 34.5 Å². The molecule has 0 fully saturated rings. The van der Waals surface area contributed by atoms with E-state index in [0.29, 0.717) is 28.4 Å². The lowest BCUT2D eigenvalue weighted by molar-refractivity contribution is -0.124. The zero-order chi connectivity index (χ0) is 20.8. The largest absolute Gasteiger partial charge is 0.349 e. The van der Waals surface area contributed by atoms with Gasteiger partial charge in [0.1, 0.15) is 6.04 Å². The molecule has 0 saturated heterocycles. The summed E-state index contributed by atoms with van der Waals surface area (Å²) < 4.78 is 1.70. The number of nitrogens with one attached hydrogen (secondary N) is 1. The summed E-state index contributed by atoms with van der Waals surface area (Å²) >= 11 is 13.2. The van der Waals surface area contributed by atoms with Crippen LogP contribution in [0.2, 0.25) is 10.0 Å². The van der Waals surface area contributed by atoms with Gasteiger partial charge < -0.3 is 9.88 Å². The molecule has 3 rings (SSSR count). The van der Waals surface area contributed by atoms with E-state index in [2.05, 4.69) is 15.3 Å². The number of hydrogen-bond acceptors (Lipinski definition) is 4. The number of benzene rings is 1. The topological polar surface area (TPSA) is 76.3 Å². The summed E-state index contributed by atoms with van der Waals surface area (Å²) in [5.74, 6) is -0.622. The van der Waals surface area contributed by atoms with Crippen LogP contribution in [-0.4, -0.2) is 21.4 Å². The first-order valence-electron chi connectivity index (χ1n) is 8.87. The molecule has 6 nitrogen and oxygen atoms in total. The molecule has 0 radical (unpaired) electrons. The van der Waals surface area contributed by atoms with Gasteiger partial charge in [-0.05, 0) is 36.8 Å². The molecular weight excluding hydrogens is 431 g/mol. The molecule has 150 valence electrons. The number of carbonyl (C=O) groups excluding carboxylic acids is 2. The van der Waals surface area contributed by atoms with E-state index in [-0.39, 0.29) is 10.9 Å². The van der Waals surface area contributed by atoms with E-state index in [1.807, 2.05) is 25.1 Å². The normalized spacial score (nSPS) is 12.6. The molecule has 0 spiro atoms. The number of aromatic nitrogens is 2. The quantitative estimate of drug-likeness (QED) is 0.611. The number of nitrogens with zero attached hydrogens (tertiary/aromatic N) is 3. The zero-order valence-electron chi connectivity index (χ0n) is 15.5. The Morgan fingerprint density at radius 1 is 1.24 bits per heavy atom. The fourth-order valence-electron chi connectivity index (χ4n) is 2.69. The van der Waals surface area contributed by atoms with Gasteiger partial charge in [0, 0.05) is 23.3 Å². The molecule has 0 aliphatic heterocycles. The third-order valence-corrected chi connectivity index (χ3v) is 5.68. The van der Waals surface area contributed by atoms with Crippen LogP contribution in [0.4, 0.5) is 0 Å². The number of carbonyl (C=O) groups is 2. The Labute approximate surface area is 181 Å². The molecule has 9 heteroatoms. The highest BCUT2D eigenvalue weighted by atomic mass is 35.5. The van der Waals surface area contributed by atoms with Crippen LogP contribution in [0.3, 0.4) is 0 Å². The molecule has 0 bridgehead atoms. The number of rotatable bonds is 6. The van der Waals surface area contributed by atoms with Gasteiger partial charge in [0.15, 0.2) is 4.80 Å². The minimum atomic E-state index is -0.495. The first-order valence-corrected chi connectivity index (χ1v) is 10.5. The second kappa shape index (κ2) is 9.82. The molecular formula is C20H18Cl2N4O2S. The lowest BCUT2D eigenvalue weighted by Gasteiger charge is -2.16. The fraction of sp³-hybridized carbons (Fsp3) is 0.200. The van der Waals surface area contributed by atoms with Crippen molar-refractivity contribution in [3.63, 3.8) is 0 Å². The molecule has 29 heavy (non-hydrogen) atoms. The van der Waals surface area contributed by atoms with Crippen molar-refractivity contribution in [2.24, 2.45) is 4.99 Å². The Morgan fingerprint density at radius 3 is 2.76 bits per heavy atom. The summed E-state index contributed by atoms with van der Waals surface area (Å²) in [7, 11) is 0. The van der Waals surface area contributed by atoms with Crippen molar-refractivity contribution < 1.29 is 9.59 Å². The second-order valence-electron chi connectivity index (χ2n) is 6.10. The first-order chi connectivity index (χ1) is 14.0. The van der Waals surface area contributed by atoms with Crippen LogP contribution in [0.25, 0.3) is 0 Å². The van der Waals surface area contributed by atoms with Crippen LogP contribution in [0.5, 0.6) is 0 Å². The molecule has 2 heterocycles. The molecule has 1 N–H and O–H groups in total. The summed E-state index contributed by atoms with van der Waals surface area (Å²) in [6.45, 7) is 2.23. The van der Waals surface area contributed by atoms with Gasteiger partial charge in [-0.1, -0.05) is 36.2 Å². The highest BCUT2D eigenvalue weighted by Crippen LogP contribution is 2.23. The average Bonchev–Trinajstić information content (AvgIpc) is 3.17. The van der Waals surface area contributed by atoms with Crippen LogP contribution in [0.1, 0.15) is 35.4 Å². The highest BCUT2D eigenvalue weighted by molar-refractivity contribution is 7.07. The zero-order valence-corrected chi connectivity index (χ0v) is 17.8. The van der Waals surface area contributed by atoms with Crippen LogP contribution < -0.4 is 10.1 Å². The molecule has 2 aromatic heterocycles. The molecule has 0 aliphatic carbocycles. The highest BCUT2D eigenvalue weighted by Gasteiger charge is 2.19. The Kier molecular flexibility index (Phi) is 7.19. The van der Waals surface area contributed by atoms with Crippen molar-refractivity contribution >= 4 is 46.4 Å². The minimum absolute atomic E-state index is 0.167. The maximum atomic E-state index is 12.7. The van der Waals surface area contributed by atoms with Crippen LogP contribution in [0, 0.1) is 0 Å². The van der Waals surface area contributed by atoms with Gasteiger partial charge in [0.05, 0.1) is 22.3 Å². The van der Waals surface area contributed by atoms with Gasteiger partial charge in [-0.15, -0.1) is 11.3 Å². The average molecular weight is 449 g/mol. The predicted octanol–water partition coefficient (Wildman–Crippen LogP) is 4.26. The Bertz CT molecular complexity index is 1080. The minimum Gasteiger partial charge on any atom is -0.349 e. The Hall–Kier alpha value is -2.48. The Morgan fingerprint density at radius 2 is 2.07 bits per heavy atom. The summed E-state index contributed by atoms with van der Waals surface area (Å²) in [5, 5.41) is 5.33. The predicted molar refractivity (Wildman–Crippen MR) is 114 cm³/mol. The number of thiazole rings is 1.